The van der Waals surface area contributed by atoms with Crippen LogP contribution >= 0.6 is 0 Å². The van der Waals surface area contributed by atoms with Crippen molar-refractivity contribution in [1.29, 1.82) is 0 Å². The number of fused-ring (bicyclic) bond motifs is 1. The van der Waals surface area contributed by atoms with Crippen LogP contribution in [-0.4, -0.2) is 46.1 Å². The molecule has 0 unspecified atom stereocenters. The van der Waals surface area contributed by atoms with E-state index in [9.17, 15) is 9.90 Å². The van der Waals surface area contributed by atoms with Crippen LogP contribution in [0.2, 0.25) is 0 Å². The Balaban J connectivity index is 1.67. The molecule has 0 bridgehead atoms. The molecule has 2 aromatic heterocycles. The Labute approximate surface area is 162 Å². The number of phenolic OH excluding ortho intramolecular Hbond substituents is 1. The molecule has 0 atom stereocenters. The molecular formula is C21H19N3O4. The number of ether oxygens (including phenoxy) is 2. The lowest BCUT2D eigenvalue weighted by atomic mass is 10.0. The van der Waals surface area contributed by atoms with Crippen LogP contribution in [0.1, 0.15) is 15.9 Å². The number of methoxy groups -OCH3 is 1. The van der Waals surface area contributed by atoms with Crippen molar-refractivity contribution in [3.8, 4) is 28.5 Å². The van der Waals surface area contributed by atoms with Crippen molar-refractivity contribution in [2.75, 3.05) is 20.3 Å². The van der Waals surface area contributed by atoms with Gasteiger partial charge in [0.25, 0.3) is 5.91 Å². The number of amides is 1. The quantitative estimate of drug-likeness (QED) is 0.756. The standard InChI is InChI=1S/C21H19N3O4/c1-27-19-11-14(4-6-23-19)21(26)24-7-8-28-20-17(13-24)9-16(10-18(20)25)15-3-2-5-22-12-15/h2-6,9-12,25H,7-8,13H2,1H3. The third kappa shape index (κ3) is 3.46. The third-order valence-electron chi connectivity index (χ3n) is 4.59. The lowest BCUT2D eigenvalue weighted by molar-refractivity contribution is 0.0732. The van der Waals surface area contributed by atoms with E-state index in [1.54, 1.807) is 41.7 Å². The number of carbonyl (C=O) groups is 1. The van der Waals surface area contributed by atoms with Crippen LogP contribution in [0.3, 0.4) is 0 Å². The van der Waals surface area contributed by atoms with Crippen LogP contribution in [0, 0.1) is 0 Å². The average molecular weight is 377 g/mol. The summed E-state index contributed by atoms with van der Waals surface area (Å²) in [6.07, 6.45) is 4.96. The van der Waals surface area contributed by atoms with E-state index in [4.69, 9.17) is 9.47 Å². The van der Waals surface area contributed by atoms with Gasteiger partial charge in [0, 0.05) is 47.9 Å². The highest BCUT2D eigenvalue weighted by molar-refractivity contribution is 5.94. The van der Waals surface area contributed by atoms with Gasteiger partial charge in [0.05, 0.1) is 13.7 Å². The molecule has 28 heavy (non-hydrogen) atoms. The van der Waals surface area contributed by atoms with E-state index in [1.807, 2.05) is 18.2 Å². The molecule has 142 valence electrons. The summed E-state index contributed by atoms with van der Waals surface area (Å²) in [4.78, 5) is 22.8. The molecule has 3 heterocycles. The summed E-state index contributed by atoms with van der Waals surface area (Å²) in [6, 6.07) is 10.6. The maximum Gasteiger partial charge on any atom is 0.254 e. The van der Waals surface area contributed by atoms with Crippen LogP contribution in [-0.2, 0) is 6.54 Å². The van der Waals surface area contributed by atoms with E-state index in [1.165, 1.54) is 7.11 Å². The number of benzene rings is 1. The molecule has 0 aliphatic carbocycles. The van der Waals surface area contributed by atoms with Crippen LogP contribution in [0.25, 0.3) is 11.1 Å². The van der Waals surface area contributed by atoms with Crippen molar-refractivity contribution in [1.82, 2.24) is 14.9 Å². The van der Waals surface area contributed by atoms with Crippen LogP contribution in [0.4, 0.5) is 0 Å². The predicted molar refractivity (Wildman–Crippen MR) is 102 cm³/mol. The molecule has 1 aromatic carbocycles. The number of aromatic nitrogens is 2. The predicted octanol–water partition coefficient (Wildman–Crippen LogP) is 2.89. The first kappa shape index (κ1) is 17.8. The maximum atomic E-state index is 13.0. The Morgan fingerprint density at radius 3 is 2.89 bits per heavy atom. The first-order chi connectivity index (χ1) is 13.7. The summed E-state index contributed by atoms with van der Waals surface area (Å²) < 4.78 is 10.8. The number of pyridine rings is 2. The topological polar surface area (TPSA) is 84.8 Å². The first-order valence-corrected chi connectivity index (χ1v) is 8.84. The fourth-order valence-corrected chi connectivity index (χ4v) is 3.21. The number of hydrogen-bond donors (Lipinski definition) is 1. The van der Waals surface area contributed by atoms with Gasteiger partial charge in [-0.05, 0) is 29.8 Å². The molecule has 7 nitrogen and oxygen atoms in total. The molecule has 7 heteroatoms. The van der Waals surface area contributed by atoms with E-state index in [0.717, 1.165) is 16.7 Å². The molecule has 3 aromatic rings. The molecule has 0 fully saturated rings. The molecule has 0 saturated heterocycles. The van der Waals surface area contributed by atoms with Crippen molar-refractivity contribution in [3.05, 3.63) is 66.1 Å². The molecule has 0 saturated carbocycles. The average Bonchev–Trinajstić information content (AvgIpc) is 2.97. The van der Waals surface area contributed by atoms with Crippen molar-refractivity contribution < 1.29 is 19.4 Å². The molecule has 1 N–H and O–H groups in total. The summed E-state index contributed by atoms with van der Waals surface area (Å²) in [5.41, 5.74) is 2.92. The smallest absolute Gasteiger partial charge is 0.254 e. The van der Waals surface area contributed by atoms with Gasteiger partial charge in [0.1, 0.15) is 6.61 Å². The highest BCUT2D eigenvalue weighted by atomic mass is 16.5. The number of carbonyl (C=O) groups excluding carboxylic acids is 1. The van der Waals surface area contributed by atoms with Gasteiger partial charge in [-0.1, -0.05) is 6.07 Å². The molecular weight excluding hydrogens is 358 g/mol. The van der Waals surface area contributed by atoms with Crippen LogP contribution < -0.4 is 9.47 Å². The first-order valence-electron chi connectivity index (χ1n) is 8.84. The fraction of sp³-hybridized carbons (Fsp3) is 0.190. The minimum absolute atomic E-state index is 0.0521. The zero-order chi connectivity index (χ0) is 19.5. The van der Waals surface area contributed by atoms with Crippen LogP contribution in [0.5, 0.6) is 17.4 Å². The highest BCUT2D eigenvalue weighted by Gasteiger charge is 2.24. The number of aromatic hydroxyl groups is 1. The number of phenols is 1. The minimum atomic E-state index is -0.150. The van der Waals surface area contributed by atoms with E-state index in [2.05, 4.69) is 9.97 Å². The maximum absolute atomic E-state index is 13.0. The number of rotatable bonds is 3. The van der Waals surface area contributed by atoms with Gasteiger partial charge in [-0.15, -0.1) is 0 Å². The van der Waals surface area contributed by atoms with Crippen molar-refractivity contribution >= 4 is 5.91 Å². The van der Waals surface area contributed by atoms with Gasteiger partial charge in [0.2, 0.25) is 5.88 Å². The molecule has 1 aliphatic rings. The largest absolute Gasteiger partial charge is 0.504 e. The zero-order valence-electron chi connectivity index (χ0n) is 15.3. The molecule has 1 amide bonds. The van der Waals surface area contributed by atoms with Gasteiger partial charge in [-0.3, -0.25) is 9.78 Å². The number of hydrogen-bond acceptors (Lipinski definition) is 6. The zero-order valence-corrected chi connectivity index (χ0v) is 15.3. The van der Waals surface area contributed by atoms with Gasteiger partial charge in [-0.2, -0.15) is 0 Å². The van der Waals surface area contributed by atoms with E-state index >= 15 is 0 Å². The molecule has 1 aliphatic heterocycles. The Morgan fingerprint density at radius 1 is 1.21 bits per heavy atom. The van der Waals surface area contributed by atoms with Gasteiger partial charge >= 0.3 is 0 Å². The lowest BCUT2D eigenvalue weighted by Crippen LogP contribution is -2.32. The number of nitrogens with zero attached hydrogens (tertiary/aromatic N) is 3. The second-order valence-electron chi connectivity index (χ2n) is 6.39. The van der Waals surface area contributed by atoms with Crippen molar-refractivity contribution in [2.45, 2.75) is 6.54 Å². The monoisotopic (exact) mass is 377 g/mol. The molecule has 4 rings (SSSR count). The van der Waals surface area contributed by atoms with E-state index in [0.29, 0.717) is 36.9 Å². The summed E-state index contributed by atoms with van der Waals surface area (Å²) in [5, 5.41) is 10.5. The fourth-order valence-electron chi connectivity index (χ4n) is 3.21. The van der Waals surface area contributed by atoms with Gasteiger partial charge in [0.15, 0.2) is 11.5 Å². The Hall–Kier alpha value is -3.61. The normalized spacial score (nSPS) is 13.2. The second-order valence-corrected chi connectivity index (χ2v) is 6.39. The van der Waals surface area contributed by atoms with Gasteiger partial charge in [-0.25, -0.2) is 4.98 Å². The summed E-state index contributed by atoms with van der Waals surface area (Å²) in [5.74, 6) is 0.698. The summed E-state index contributed by atoms with van der Waals surface area (Å²) in [6.45, 7) is 1.01. The summed E-state index contributed by atoms with van der Waals surface area (Å²) in [7, 11) is 1.51. The van der Waals surface area contributed by atoms with Crippen molar-refractivity contribution in [2.24, 2.45) is 0 Å². The minimum Gasteiger partial charge on any atom is -0.504 e. The second kappa shape index (κ2) is 7.56. The Kier molecular flexibility index (Phi) is 4.80. The van der Waals surface area contributed by atoms with Crippen molar-refractivity contribution in [3.63, 3.8) is 0 Å². The SMILES string of the molecule is COc1cc(C(=O)N2CCOc3c(O)cc(-c4cccnc4)cc3C2)ccn1. The third-order valence-corrected chi connectivity index (χ3v) is 4.59. The molecule has 0 radical (unpaired) electrons. The molecule has 0 spiro atoms. The Bertz CT molecular complexity index is 1010. The van der Waals surface area contributed by atoms with E-state index < -0.39 is 0 Å². The summed E-state index contributed by atoms with van der Waals surface area (Å²) >= 11 is 0. The van der Waals surface area contributed by atoms with Crippen LogP contribution in [0.15, 0.2) is 55.0 Å². The van der Waals surface area contributed by atoms with E-state index in [-0.39, 0.29) is 11.7 Å². The van der Waals surface area contributed by atoms with Gasteiger partial charge < -0.3 is 19.5 Å². The Morgan fingerprint density at radius 2 is 2.11 bits per heavy atom. The highest BCUT2D eigenvalue weighted by Crippen LogP contribution is 2.37. The lowest BCUT2D eigenvalue weighted by Gasteiger charge is -2.20.